The van der Waals surface area contributed by atoms with E-state index in [9.17, 15) is 0 Å². The molecule has 0 saturated carbocycles. The number of hydrogen-bond donors (Lipinski definition) is 1. The van der Waals surface area contributed by atoms with Gasteiger partial charge in [-0.2, -0.15) is 0 Å². The molecule has 0 saturated heterocycles. The molecule has 0 radical (unpaired) electrons. The van der Waals surface area contributed by atoms with Gasteiger partial charge >= 0.3 is 0 Å². The van der Waals surface area contributed by atoms with E-state index < -0.39 is 0 Å². The molecule has 0 aliphatic carbocycles. The predicted octanol–water partition coefficient (Wildman–Crippen LogP) is 3.54. The molecule has 0 spiro atoms. The van der Waals surface area contributed by atoms with Gasteiger partial charge in [0.15, 0.2) is 5.17 Å². The molecule has 1 unspecified atom stereocenters. The summed E-state index contributed by atoms with van der Waals surface area (Å²) in [6, 6.07) is 9.10. The summed E-state index contributed by atoms with van der Waals surface area (Å²) in [5.41, 5.74) is 2.54. The third-order valence-corrected chi connectivity index (χ3v) is 3.67. The van der Waals surface area contributed by atoms with E-state index in [4.69, 9.17) is 0 Å². The Hall–Kier alpha value is -0.960. The van der Waals surface area contributed by atoms with Gasteiger partial charge in [-0.25, -0.2) is 0 Å². The molecule has 1 N–H and O–H groups in total. The highest BCUT2D eigenvalue weighted by molar-refractivity contribution is 8.14. The van der Waals surface area contributed by atoms with Gasteiger partial charge in [-0.05, 0) is 31.0 Å². The number of aryl methyl sites for hydroxylation is 1. The van der Waals surface area contributed by atoms with Crippen LogP contribution in [0.3, 0.4) is 0 Å². The third-order valence-electron chi connectivity index (χ3n) is 2.54. The zero-order valence-electron chi connectivity index (χ0n) is 9.86. The SMILES string of the molecule is CCCc1ccc(NC2=NC(C)CS2)cc1. The first-order chi connectivity index (χ1) is 7.78. The maximum atomic E-state index is 4.51. The standard InChI is InChI=1S/C13H18N2S/c1-3-4-11-5-7-12(8-6-11)15-13-14-10(2)9-16-13/h5-8,10H,3-4,9H2,1-2H3,(H,14,15). The van der Waals surface area contributed by atoms with Gasteiger partial charge in [0, 0.05) is 11.4 Å². The molecule has 16 heavy (non-hydrogen) atoms. The highest BCUT2D eigenvalue weighted by atomic mass is 32.2. The van der Waals surface area contributed by atoms with Gasteiger partial charge in [-0.15, -0.1) is 0 Å². The van der Waals surface area contributed by atoms with Crippen LogP contribution in [0, 0.1) is 0 Å². The molecule has 1 heterocycles. The van der Waals surface area contributed by atoms with Crippen molar-refractivity contribution in [1.82, 2.24) is 0 Å². The van der Waals surface area contributed by atoms with E-state index >= 15 is 0 Å². The van der Waals surface area contributed by atoms with Crippen LogP contribution in [0.25, 0.3) is 0 Å². The average molecular weight is 234 g/mol. The maximum absolute atomic E-state index is 4.51. The number of benzene rings is 1. The summed E-state index contributed by atoms with van der Waals surface area (Å²) in [4.78, 5) is 4.51. The minimum Gasteiger partial charge on any atom is -0.335 e. The highest BCUT2D eigenvalue weighted by Gasteiger charge is 2.13. The molecule has 86 valence electrons. The summed E-state index contributed by atoms with van der Waals surface area (Å²) in [7, 11) is 0. The molecule has 0 aromatic heterocycles. The lowest BCUT2D eigenvalue weighted by Crippen LogP contribution is -2.04. The van der Waals surface area contributed by atoms with Crippen molar-refractivity contribution in [2.75, 3.05) is 11.1 Å². The Kier molecular flexibility index (Phi) is 3.88. The number of nitrogens with one attached hydrogen (secondary N) is 1. The van der Waals surface area contributed by atoms with E-state index in [-0.39, 0.29) is 0 Å². The number of aliphatic imine (C=N–C) groups is 1. The Morgan fingerprint density at radius 3 is 2.69 bits per heavy atom. The van der Waals surface area contributed by atoms with Gasteiger partial charge in [0.25, 0.3) is 0 Å². The van der Waals surface area contributed by atoms with Crippen molar-refractivity contribution in [1.29, 1.82) is 0 Å². The molecule has 1 aromatic rings. The molecule has 1 aromatic carbocycles. The molecule has 2 nitrogen and oxygen atoms in total. The molecule has 0 fully saturated rings. The van der Waals surface area contributed by atoms with Gasteiger partial charge in [-0.3, -0.25) is 4.99 Å². The van der Waals surface area contributed by atoms with Crippen LogP contribution in [-0.4, -0.2) is 17.0 Å². The van der Waals surface area contributed by atoms with Crippen LogP contribution >= 0.6 is 11.8 Å². The second kappa shape index (κ2) is 5.39. The molecule has 0 bridgehead atoms. The summed E-state index contributed by atoms with van der Waals surface area (Å²) in [5, 5.41) is 4.41. The molecule has 1 aliphatic heterocycles. The largest absolute Gasteiger partial charge is 0.335 e. The summed E-state index contributed by atoms with van der Waals surface area (Å²) >= 11 is 1.80. The monoisotopic (exact) mass is 234 g/mol. The Labute approximate surface area is 102 Å². The van der Waals surface area contributed by atoms with Crippen molar-refractivity contribution in [2.24, 2.45) is 4.99 Å². The second-order valence-electron chi connectivity index (χ2n) is 4.17. The van der Waals surface area contributed by atoms with Crippen molar-refractivity contribution in [3.8, 4) is 0 Å². The summed E-state index contributed by atoms with van der Waals surface area (Å²) in [6.07, 6.45) is 2.36. The Bertz CT molecular complexity index is 370. The summed E-state index contributed by atoms with van der Waals surface area (Å²) in [5.74, 6) is 1.09. The molecular weight excluding hydrogens is 216 g/mol. The van der Waals surface area contributed by atoms with Gasteiger partial charge in [0.2, 0.25) is 0 Å². The van der Waals surface area contributed by atoms with E-state index in [1.807, 2.05) is 0 Å². The molecule has 1 atom stereocenters. The zero-order chi connectivity index (χ0) is 11.4. The van der Waals surface area contributed by atoms with E-state index in [1.165, 1.54) is 12.0 Å². The van der Waals surface area contributed by atoms with Gasteiger partial charge in [0.05, 0.1) is 6.04 Å². The third kappa shape index (κ3) is 3.01. The Morgan fingerprint density at radius 2 is 2.12 bits per heavy atom. The number of thioether (sulfide) groups is 1. The fourth-order valence-electron chi connectivity index (χ4n) is 1.71. The van der Waals surface area contributed by atoms with Crippen molar-refractivity contribution < 1.29 is 0 Å². The number of nitrogens with zero attached hydrogens (tertiary/aromatic N) is 1. The van der Waals surface area contributed by atoms with E-state index in [0.717, 1.165) is 23.0 Å². The molecule has 2 rings (SSSR count). The fourth-order valence-corrected chi connectivity index (χ4v) is 2.63. The second-order valence-corrected chi connectivity index (χ2v) is 5.17. The fraction of sp³-hybridized carbons (Fsp3) is 0.462. The molecular formula is C13H18N2S. The van der Waals surface area contributed by atoms with E-state index in [2.05, 4.69) is 48.4 Å². The highest BCUT2D eigenvalue weighted by Crippen LogP contribution is 2.20. The van der Waals surface area contributed by atoms with Crippen LogP contribution in [0.4, 0.5) is 5.69 Å². The number of anilines is 1. The average Bonchev–Trinajstić information content (AvgIpc) is 2.67. The minimum absolute atomic E-state index is 0.451. The lowest BCUT2D eigenvalue weighted by Gasteiger charge is -2.05. The van der Waals surface area contributed by atoms with Crippen LogP contribution in [-0.2, 0) is 6.42 Å². The van der Waals surface area contributed by atoms with Gasteiger partial charge in [-0.1, -0.05) is 37.2 Å². The van der Waals surface area contributed by atoms with Crippen LogP contribution < -0.4 is 5.32 Å². The van der Waals surface area contributed by atoms with Crippen molar-refractivity contribution in [2.45, 2.75) is 32.7 Å². The maximum Gasteiger partial charge on any atom is 0.161 e. The van der Waals surface area contributed by atoms with Crippen molar-refractivity contribution >= 4 is 22.6 Å². The topological polar surface area (TPSA) is 24.4 Å². The molecule has 3 heteroatoms. The quantitative estimate of drug-likeness (QED) is 0.865. The lowest BCUT2D eigenvalue weighted by atomic mass is 10.1. The zero-order valence-corrected chi connectivity index (χ0v) is 10.7. The predicted molar refractivity (Wildman–Crippen MR) is 73.4 cm³/mol. The Morgan fingerprint density at radius 1 is 1.38 bits per heavy atom. The lowest BCUT2D eigenvalue weighted by molar-refractivity contribution is 0.865. The normalized spacial score (nSPS) is 19.6. The van der Waals surface area contributed by atoms with Crippen molar-refractivity contribution in [3.05, 3.63) is 29.8 Å². The van der Waals surface area contributed by atoms with E-state index in [0.29, 0.717) is 6.04 Å². The van der Waals surface area contributed by atoms with Crippen LogP contribution in [0.15, 0.2) is 29.3 Å². The number of rotatable bonds is 3. The van der Waals surface area contributed by atoms with E-state index in [1.54, 1.807) is 11.8 Å². The Balaban J connectivity index is 1.97. The first kappa shape index (κ1) is 11.5. The first-order valence-corrected chi connectivity index (χ1v) is 6.83. The number of hydrogen-bond acceptors (Lipinski definition) is 3. The van der Waals surface area contributed by atoms with Gasteiger partial charge < -0.3 is 5.32 Å². The molecule has 0 amide bonds. The molecule has 1 aliphatic rings. The first-order valence-electron chi connectivity index (χ1n) is 5.84. The minimum atomic E-state index is 0.451. The van der Waals surface area contributed by atoms with Gasteiger partial charge in [0.1, 0.15) is 0 Å². The number of amidine groups is 1. The van der Waals surface area contributed by atoms with Crippen LogP contribution in [0.5, 0.6) is 0 Å². The summed E-state index contributed by atoms with van der Waals surface area (Å²) < 4.78 is 0. The van der Waals surface area contributed by atoms with Crippen molar-refractivity contribution in [3.63, 3.8) is 0 Å². The van der Waals surface area contributed by atoms with Crippen LogP contribution in [0.2, 0.25) is 0 Å². The smallest absolute Gasteiger partial charge is 0.161 e. The van der Waals surface area contributed by atoms with Crippen LogP contribution in [0.1, 0.15) is 25.8 Å². The summed E-state index contributed by atoms with van der Waals surface area (Å²) in [6.45, 7) is 4.35.